The fourth-order valence-corrected chi connectivity index (χ4v) is 14.3. The third-order valence-corrected chi connectivity index (χ3v) is 17.8. The molecule has 0 bridgehead atoms. The van der Waals surface area contributed by atoms with Gasteiger partial charge in [0, 0.05) is 41.7 Å². The number of rotatable bonds is 6. The molecule has 3 heteroatoms. The molecule has 0 aliphatic carbocycles. The summed E-state index contributed by atoms with van der Waals surface area (Å²) in [7, 11) is 0. The summed E-state index contributed by atoms with van der Waals surface area (Å²) in [5, 5.41) is 16.8. The normalized spacial score (nSPS) is 12.1. The van der Waals surface area contributed by atoms with Crippen molar-refractivity contribution < 1.29 is 8.83 Å². The molecule has 17 aromatic rings. The molecule has 2 nitrogen and oxygen atoms in total. The summed E-state index contributed by atoms with van der Waals surface area (Å²) < 4.78 is 15.5. The Morgan fingerprint density at radius 2 is 0.532 bits per heavy atom. The smallest absolute Gasteiger partial charge is 0.135 e. The van der Waals surface area contributed by atoms with Crippen molar-refractivity contribution in [2.75, 3.05) is 0 Å². The summed E-state index contributed by atoms with van der Waals surface area (Å²) in [5.74, 6) is 0. The Balaban J connectivity index is 0.850. The summed E-state index contributed by atoms with van der Waals surface area (Å²) in [6, 6.07) is 97.9. The first kappa shape index (κ1) is 44.1. The lowest BCUT2D eigenvalue weighted by molar-refractivity contribution is 0.668. The minimum Gasteiger partial charge on any atom is -0.456 e. The van der Waals surface area contributed by atoms with Crippen LogP contribution in [0.3, 0.4) is 0 Å². The average Bonchev–Trinajstić information content (AvgIpc) is 4.39. The summed E-state index contributed by atoms with van der Waals surface area (Å²) in [6.07, 6.45) is 0. The highest BCUT2D eigenvalue weighted by atomic mass is 32.1. The number of furan rings is 2. The first-order chi connectivity index (χ1) is 39.2. The molecule has 0 saturated carbocycles. The monoisotopic (exact) mass is 1020 g/mol. The molecule has 366 valence electrons. The second kappa shape index (κ2) is 17.2. The Morgan fingerprint density at radius 1 is 0.203 bits per heavy atom. The molecule has 0 atom stereocenters. The standard InChI is InChI=1S/C76H44O2S/c1-3-16-45(17-4-1)47-30-35-66-61(40-47)63-42-49(32-37-68(63)77-66)72-52-20-7-9-22-54(52)74(55-23-10-8-21-53(55)72)51-34-39-70-65(44-51)76-60(28-15-29-71(76)79-70)75-58-26-13-11-24-56(58)73(57-25-12-14-27-59(57)75)50-33-38-69-64(43-50)62-41-48(31-36-67(62)78-69)46-18-5-2-6-19-46/h1-44H. The van der Waals surface area contributed by atoms with Crippen molar-refractivity contribution >= 4 is 118 Å². The minimum absolute atomic E-state index is 0.889. The molecular formula is C76H44O2S. The first-order valence-electron chi connectivity index (χ1n) is 27.0. The van der Waals surface area contributed by atoms with Crippen LogP contribution in [-0.4, -0.2) is 0 Å². The second-order valence-electron chi connectivity index (χ2n) is 21.0. The van der Waals surface area contributed by atoms with E-state index in [1.165, 1.54) is 130 Å². The van der Waals surface area contributed by atoms with Crippen molar-refractivity contribution in [3.8, 4) is 66.8 Å². The lowest BCUT2D eigenvalue weighted by Gasteiger charge is -2.19. The fraction of sp³-hybridized carbons (Fsp3) is 0. The second-order valence-corrected chi connectivity index (χ2v) is 22.0. The van der Waals surface area contributed by atoms with Gasteiger partial charge in [-0.25, -0.2) is 0 Å². The molecular weight excluding hydrogens is 977 g/mol. The topological polar surface area (TPSA) is 26.3 Å². The third-order valence-electron chi connectivity index (χ3n) is 16.6. The van der Waals surface area contributed by atoms with Gasteiger partial charge in [0.05, 0.1) is 0 Å². The van der Waals surface area contributed by atoms with Crippen LogP contribution < -0.4 is 0 Å². The van der Waals surface area contributed by atoms with Crippen molar-refractivity contribution in [1.82, 2.24) is 0 Å². The third kappa shape index (κ3) is 6.77. The SMILES string of the molecule is c1ccc(-c2ccc3oc4ccc(-c5c6ccccc6c(-c6ccc7sc8cccc(-c9c%10ccccc%10c(-c%10ccc%11oc%12ccc(-c%13ccccc%13)cc%12c%11c%10)c%10ccccc9%10)c8c7c6)c6ccccc56)cc4c3c2)cc1. The quantitative estimate of drug-likeness (QED) is 0.155. The highest BCUT2D eigenvalue weighted by Gasteiger charge is 2.23. The van der Waals surface area contributed by atoms with Gasteiger partial charge in [-0.2, -0.15) is 0 Å². The van der Waals surface area contributed by atoms with E-state index in [9.17, 15) is 0 Å². The van der Waals surface area contributed by atoms with Crippen molar-refractivity contribution in [2.24, 2.45) is 0 Å². The van der Waals surface area contributed by atoms with Crippen LogP contribution in [0.5, 0.6) is 0 Å². The largest absolute Gasteiger partial charge is 0.456 e. The average molecular weight is 1020 g/mol. The lowest BCUT2D eigenvalue weighted by Crippen LogP contribution is -1.91. The van der Waals surface area contributed by atoms with E-state index in [0.29, 0.717) is 0 Å². The van der Waals surface area contributed by atoms with Gasteiger partial charge in [0.2, 0.25) is 0 Å². The number of fused-ring (bicyclic) bond motifs is 13. The maximum atomic E-state index is 6.49. The summed E-state index contributed by atoms with van der Waals surface area (Å²) in [6.45, 7) is 0. The van der Waals surface area contributed by atoms with Crippen molar-refractivity contribution in [3.63, 3.8) is 0 Å². The Hall–Kier alpha value is -10.1. The zero-order valence-electron chi connectivity index (χ0n) is 42.6. The van der Waals surface area contributed by atoms with Gasteiger partial charge in [0.15, 0.2) is 0 Å². The molecule has 0 N–H and O–H groups in total. The molecule has 0 fully saturated rings. The van der Waals surface area contributed by atoms with E-state index in [2.05, 4.69) is 267 Å². The summed E-state index contributed by atoms with van der Waals surface area (Å²) in [5.41, 5.74) is 18.0. The predicted octanol–water partition coefficient (Wildman–Crippen LogP) is 22.5. The van der Waals surface area contributed by atoms with E-state index in [1.807, 2.05) is 11.3 Å². The highest BCUT2D eigenvalue weighted by molar-refractivity contribution is 7.26. The van der Waals surface area contributed by atoms with E-state index < -0.39 is 0 Å². The van der Waals surface area contributed by atoms with Crippen molar-refractivity contribution in [2.45, 2.75) is 0 Å². The molecule has 3 aromatic heterocycles. The highest BCUT2D eigenvalue weighted by Crippen LogP contribution is 2.51. The Kier molecular flexibility index (Phi) is 9.62. The predicted molar refractivity (Wildman–Crippen MR) is 337 cm³/mol. The molecule has 0 amide bonds. The van der Waals surface area contributed by atoms with Gasteiger partial charge in [0.25, 0.3) is 0 Å². The maximum Gasteiger partial charge on any atom is 0.135 e. The van der Waals surface area contributed by atoms with E-state index in [-0.39, 0.29) is 0 Å². The van der Waals surface area contributed by atoms with Gasteiger partial charge >= 0.3 is 0 Å². The Bertz CT molecular complexity index is 5250. The maximum absolute atomic E-state index is 6.49. The number of hydrogen-bond acceptors (Lipinski definition) is 3. The van der Waals surface area contributed by atoms with E-state index in [1.54, 1.807) is 0 Å². The van der Waals surface area contributed by atoms with Crippen molar-refractivity contribution in [3.05, 3.63) is 267 Å². The zero-order valence-corrected chi connectivity index (χ0v) is 43.4. The molecule has 17 rings (SSSR count). The van der Waals surface area contributed by atoms with Crippen molar-refractivity contribution in [1.29, 1.82) is 0 Å². The zero-order chi connectivity index (χ0) is 51.7. The summed E-state index contributed by atoms with van der Waals surface area (Å²) in [4.78, 5) is 0. The molecule has 0 radical (unpaired) electrons. The number of hydrogen-bond donors (Lipinski definition) is 0. The van der Waals surface area contributed by atoms with Crippen LogP contribution in [0, 0.1) is 0 Å². The van der Waals surface area contributed by atoms with Crippen LogP contribution in [0.25, 0.3) is 174 Å². The van der Waals surface area contributed by atoms with Gasteiger partial charge in [0.1, 0.15) is 22.3 Å². The molecule has 79 heavy (non-hydrogen) atoms. The van der Waals surface area contributed by atoms with E-state index in [4.69, 9.17) is 8.83 Å². The molecule has 0 saturated heterocycles. The van der Waals surface area contributed by atoms with Crippen LogP contribution in [0.15, 0.2) is 276 Å². The van der Waals surface area contributed by atoms with Crippen LogP contribution in [-0.2, 0) is 0 Å². The van der Waals surface area contributed by atoms with Crippen LogP contribution in [0.2, 0.25) is 0 Å². The fourth-order valence-electron chi connectivity index (χ4n) is 13.2. The van der Waals surface area contributed by atoms with E-state index >= 15 is 0 Å². The molecule has 0 aliphatic rings. The number of benzene rings is 14. The summed E-state index contributed by atoms with van der Waals surface area (Å²) >= 11 is 1.88. The lowest BCUT2D eigenvalue weighted by atomic mass is 9.84. The molecule has 3 heterocycles. The van der Waals surface area contributed by atoms with Gasteiger partial charge in [-0.1, -0.05) is 200 Å². The number of thiophene rings is 1. The molecule has 0 unspecified atom stereocenters. The molecule has 0 spiro atoms. The Labute approximate surface area is 458 Å². The molecule has 14 aromatic carbocycles. The van der Waals surface area contributed by atoms with Gasteiger partial charge in [-0.3, -0.25) is 0 Å². The first-order valence-corrected chi connectivity index (χ1v) is 27.9. The minimum atomic E-state index is 0.889. The Morgan fingerprint density at radius 3 is 0.937 bits per heavy atom. The van der Waals surface area contributed by atoms with Gasteiger partial charge < -0.3 is 8.83 Å². The van der Waals surface area contributed by atoms with Gasteiger partial charge in [-0.15, -0.1) is 11.3 Å². The molecule has 0 aliphatic heterocycles. The van der Waals surface area contributed by atoms with Gasteiger partial charge in [-0.05, 0) is 177 Å². The van der Waals surface area contributed by atoms with Crippen LogP contribution in [0.1, 0.15) is 0 Å². The van der Waals surface area contributed by atoms with Crippen LogP contribution >= 0.6 is 11.3 Å². The van der Waals surface area contributed by atoms with E-state index in [0.717, 1.165) is 43.9 Å². The van der Waals surface area contributed by atoms with Crippen LogP contribution in [0.4, 0.5) is 0 Å².